The van der Waals surface area contributed by atoms with Crippen LogP contribution in [0.2, 0.25) is 0 Å². The van der Waals surface area contributed by atoms with Crippen LogP contribution >= 0.6 is 11.3 Å². The van der Waals surface area contributed by atoms with Crippen molar-refractivity contribution in [1.29, 1.82) is 0 Å². The molecule has 1 atom stereocenters. The van der Waals surface area contributed by atoms with E-state index in [0.717, 1.165) is 41.0 Å². The molecule has 1 aliphatic rings. The number of methoxy groups -OCH3 is 1. The molecule has 140 valence electrons. The molecule has 1 aromatic carbocycles. The zero-order chi connectivity index (χ0) is 18.6. The molecule has 2 aromatic heterocycles. The van der Waals surface area contributed by atoms with E-state index in [1.165, 1.54) is 5.69 Å². The van der Waals surface area contributed by atoms with Gasteiger partial charge in [0.05, 0.1) is 32.3 Å². The van der Waals surface area contributed by atoms with Crippen LogP contribution in [0.1, 0.15) is 40.6 Å². The molecular weight excluding hydrogens is 358 g/mol. The van der Waals surface area contributed by atoms with Crippen molar-refractivity contribution in [3.05, 3.63) is 69.7 Å². The molecule has 0 aliphatic heterocycles. The van der Waals surface area contributed by atoms with Gasteiger partial charge in [0, 0.05) is 21.7 Å². The van der Waals surface area contributed by atoms with Crippen molar-refractivity contribution in [2.45, 2.75) is 38.3 Å². The Bertz CT molecular complexity index is 917. The van der Waals surface area contributed by atoms with E-state index in [1.54, 1.807) is 18.4 Å². The van der Waals surface area contributed by atoms with Gasteiger partial charge >= 0.3 is 0 Å². The highest BCUT2D eigenvalue weighted by atomic mass is 32.1. The van der Waals surface area contributed by atoms with Crippen molar-refractivity contribution in [2.24, 2.45) is 0 Å². The van der Waals surface area contributed by atoms with E-state index in [9.17, 15) is 4.79 Å². The Morgan fingerprint density at radius 3 is 3.04 bits per heavy atom. The summed E-state index contributed by atoms with van der Waals surface area (Å²) in [5, 5.41) is 9.82. The lowest BCUT2D eigenvalue weighted by Crippen LogP contribution is -2.32. The third-order valence-corrected chi connectivity index (χ3v) is 5.90. The molecule has 5 nitrogen and oxygen atoms in total. The second-order valence-electron chi connectivity index (χ2n) is 6.78. The van der Waals surface area contributed by atoms with Crippen LogP contribution in [0.15, 0.2) is 48.0 Å². The average molecular weight is 382 g/mol. The van der Waals surface area contributed by atoms with Crippen molar-refractivity contribution >= 4 is 17.2 Å². The van der Waals surface area contributed by atoms with Gasteiger partial charge in [-0.3, -0.25) is 9.48 Å². The number of rotatable bonds is 6. The number of para-hydroxylation sites is 1. The second kappa shape index (κ2) is 7.96. The third kappa shape index (κ3) is 3.90. The van der Waals surface area contributed by atoms with E-state index in [1.807, 2.05) is 46.6 Å². The van der Waals surface area contributed by atoms with Gasteiger partial charge in [-0.1, -0.05) is 24.3 Å². The van der Waals surface area contributed by atoms with Gasteiger partial charge < -0.3 is 10.1 Å². The highest BCUT2D eigenvalue weighted by Gasteiger charge is 2.26. The zero-order valence-corrected chi connectivity index (χ0v) is 16.2. The summed E-state index contributed by atoms with van der Waals surface area (Å²) in [5.41, 5.74) is 3.47. The predicted octanol–water partition coefficient (Wildman–Crippen LogP) is 3.74. The van der Waals surface area contributed by atoms with Gasteiger partial charge in [-0.25, -0.2) is 0 Å². The highest BCUT2D eigenvalue weighted by Crippen LogP contribution is 2.31. The Hall–Kier alpha value is -2.60. The minimum absolute atomic E-state index is 0.0487. The Labute approximate surface area is 163 Å². The summed E-state index contributed by atoms with van der Waals surface area (Å²) in [7, 11) is 1.69. The Kier molecular flexibility index (Phi) is 5.25. The molecule has 0 unspecified atom stereocenters. The molecule has 1 amide bonds. The molecule has 27 heavy (non-hydrogen) atoms. The maximum absolute atomic E-state index is 12.4. The smallest absolute Gasteiger partial charge is 0.225 e. The number of ether oxygens (including phenoxy) is 1. The van der Waals surface area contributed by atoms with Crippen molar-refractivity contribution in [2.75, 3.05) is 7.11 Å². The van der Waals surface area contributed by atoms with E-state index in [4.69, 9.17) is 4.74 Å². The number of carbonyl (C=O) groups excluding carboxylic acids is 1. The third-order valence-electron chi connectivity index (χ3n) is 5.03. The minimum Gasteiger partial charge on any atom is -0.496 e. The lowest BCUT2D eigenvalue weighted by Gasteiger charge is -2.24. The summed E-state index contributed by atoms with van der Waals surface area (Å²) >= 11 is 1.62. The number of fused-ring (bicyclic) bond motifs is 1. The van der Waals surface area contributed by atoms with E-state index in [-0.39, 0.29) is 11.9 Å². The van der Waals surface area contributed by atoms with Crippen molar-refractivity contribution < 1.29 is 9.53 Å². The number of nitrogens with zero attached hydrogens (tertiary/aromatic N) is 2. The normalized spacial score (nSPS) is 16.0. The molecule has 2 heterocycles. The monoisotopic (exact) mass is 381 g/mol. The van der Waals surface area contributed by atoms with Crippen LogP contribution in [0.4, 0.5) is 0 Å². The number of nitrogens with one attached hydrogen (secondary N) is 1. The predicted molar refractivity (Wildman–Crippen MR) is 106 cm³/mol. The average Bonchev–Trinajstić information content (AvgIpc) is 3.33. The quantitative estimate of drug-likeness (QED) is 0.708. The lowest BCUT2D eigenvalue weighted by molar-refractivity contribution is -0.121. The van der Waals surface area contributed by atoms with Crippen molar-refractivity contribution in [3.63, 3.8) is 0 Å². The molecule has 1 aliphatic carbocycles. The van der Waals surface area contributed by atoms with Crippen LogP contribution in [0.25, 0.3) is 0 Å². The van der Waals surface area contributed by atoms with Crippen LogP contribution < -0.4 is 10.1 Å². The molecule has 0 saturated carbocycles. The molecule has 0 radical (unpaired) electrons. The van der Waals surface area contributed by atoms with Gasteiger partial charge in [0.15, 0.2) is 0 Å². The molecule has 0 saturated heterocycles. The highest BCUT2D eigenvalue weighted by molar-refractivity contribution is 7.10. The number of hydrogen-bond donors (Lipinski definition) is 1. The van der Waals surface area contributed by atoms with Crippen LogP contribution in [0, 0.1) is 0 Å². The molecule has 6 heteroatoms. The Morgan fingerprint density at radius 1 is 1.33 bits per heavy atom. The van der Waals surface area contributed by atoms with Gasteiger partial charge in [0.25, 0.3) is 0 Å². The van der Waals surface area contributed by atoms with E-state index < -0.39 is 0 Å². The van der Waals surface area contributed by atoms with Crippen molar-refractivity contribution in [1.82, 2.24) is 15.1 Å². The molecule has 0 spiro atoms. The molecule has 4 rings (SSSR count). The van der Waals surface area contributed by atoms with Crippen molar-refractivity contribution in [3.8, 4) is 5.75 Å². The first-order chi connectivity index (χ1) is 13.2. The molecule has 3 aromatic rings. The largest absolute Gasteiger partial charge is 0.496 e. The van der Waals surface area contributed by atoms with Crippen LogP contribution in [0.3, 0.4) is 0 Å². The van der Waals surface area contributed by atoms with Gasteiger partial charge in [0.2, 0.25) is 5.91 Å². The summed E-state index contributed by atoms with van der Waals surface area (Å²) in [6.45, 7) is 0.676. The van der Waals surface area contributed by atoms with E-state index in [0.29, 0.717) is 13.0 Å². The number of thiophene rings is 1. The van der Waals surface area contributed by atoms with Gasteiger partial charge in [-0.2, -0.15) is 5.10 Å². The first-order valence-corrected chi connectivity index (χ1v) is 10.1. The van der Waals surface area contributed by atoms with Gasteiger partial charge in [0.1, 0.15) is 5.75 Å². The molecule has 0 fully saturated rings. The lowest BCUT2D eigenvalue weighted by atomic mass is 9.92. The number of amides is 1. The van der Waals surface area contributed by atoms with Crippen LogP contribution in [0.5, 0.6) is 5.75 Å². The van der Waals surface area contributed by atoms with Gasteiger partial charge in [-0.05, 0) is 36.8 Å². The number of hydrogen-bond acceptors (Lipinski definition) is 4. The second-order valence-corrected chi connectivity index (χ2v) is 7.82. The molecule has 0 bridgehead atoms. The van der Waals surface area contributed by atoms with E-state index in [2.05, 4.69) is 16.5 Å². The first-order valence-electron chi connectivity index (χ1n) is 9.23. The summed E-state index contributed by atoms with van der Waals surface area (Å²) in [4.78, 5) is 13.5. The van der Waals surface area contributed by atoms with E-state index >= 15 is 0 Å². The fourth-order valence-corrected chi connectivity index (χ4v) is 4.42. The maximum Gasteiger partial charge on any atom is 0.225 e. The summed E-state index contributed by atoms with van der Waals surface area (Å²) in [5.74, 6) is 0.950. The molecular formula is C21H23N3O2S. The standard InChI is InChI=1S/C21H23N3O2S/c1-26-20-10-3-2-6-15(20)14-24-19-9-4-8-18(17(19)13-22-24)23-21(25)12-16-7-5-11-27-16/h2-3,5-7,10-11,13,18H,4,8-9,12,14H2,1H3,(H,23,25)/t18-/m1/s1. The maximum atomic E-state index is 12.4. The Morgan fingerprint density at radius 2 is 2.22 bits per heavy atom. The molecule has 1 N–H and O–H groups in total. The minimum atomic E-state index is 0.0487. The van der Waals surface area contributed by atoms with Gasteiger partial charge in [-0.15, -0.1) is 11.3 Å². The fraction of sp³-hybridized carbons (Fsp3) is 0.333. The Balaban J connectivity index is 1.50. The fourth-order valence-electron chi connectivity index (χ4n) is 3.72. The summed E-state index contributed by atoms with van der Waals surface area (Å²) < 4.78 is 7.51. The van der Waals surface area contributed by atoms with Crippen LogP contribution in [-0.4, -0.2) is 22.8 Å². The first kappa shape index (κ1) is 17.8. The zero-order valence-electron chi connectivity index (χ0n) is 15.4. The SMILES string of the molecule is COc1ccccc1Cn1ncc2c1CCC[C@H]2NC(=O)Cc1cccs1. The topological polar surface area (TPSA) is 56.1 Å². The number of benzene rings is 1. The number of carbonyl (C=O) groups is 1. The summed E-state index contributed by atoms with van der Waals surface area (Å²) in [6, 6.07) is 12.1. The number of aromatic nitrogens is 2. The summed E-state index contributed by atoms with van der Waals surface area (Å²) in [6.07, 6.45) is 5.36. The van der Waals surface area contributed by atoms with Crippen LogP contribution in [-0.2, 0) is 24.2 Å².